The lowest BCUT2D eigenvalue weighted by molar-refractivity contribution is 0.590. The minimum absolute atomic E-state index is 0.0864. The van der Waals surface area contributed by atoms with Gasteiger partial charge in [-0.3, -0.25) is 0 Å². The van der Waals surface area contributed by atoms with Gasteiger partial charge in [-0.2, -0.15) is 0 Å². The van der Waals surface area contributed by atoms with Crippen molar-refractivity contribution in [3.8, 4) is 0 Å². The van der Waals surface area contributed by atoms with Gasteiger partial charge in [0.2, 0.25) is 0 Å². The third-order valence-corrected chi connectivity index (χ3v) is 1.77. The molecule has 0 atom stereocenters. The van der Waals surface area contributed by atoms with Crippen LogP contribution in [0.15, 0.2) is 24.2 Å². The molecule has 0 heterocycles. The Balaban J connectivity index is 3.23. The first-order valence-electron chi connectivity index (χ1n) is 4.49. The summed E-state index contributed by atoms with van der Waals surface area (Å²) >= 11 is 0. The number of aryl methyl sites for hydroxylation is 1. The molecular weight excluding hydrogens is 132 g/mol. The Hall–Kier alpha value is -0.780. The van der Waals surface area contributed by atoms with E-state index in [1.54, 1.807) is 0 Å². The summed E-state index contributed by atoms with van der Waals surface area (Å²) in [6.07, 6.45) is 0. The minimum Gasteiger partial charge on any atom is -0.0617 e. The first-order chi connectivity index (χ1) is 5.41. The molecule has 0 fully saturated rings. The molecule has 0 aliphatic carbocycles. The number of benzene rings is 1. The van der Waals surface area contributed by atoms with Crippen LogP contribution in [-0.4, -0.2) is 0 Å². The topological polar surface area (TPSA) is 0 Å². The zero-order valence-electron chi connectivity index (χ0n) is 8.73. The Bertz CT molecular complexity index is 282. The van der Waals surface area contributed by atoms with Crippen LogP contribution in [0.3, 0.4) is 0 Å². The van der Waals surface area contributed by atoms with Crippen molar-refractivity contribution in [2.24, 2.45) is 0 Å². The van der Waals surface area contributed by atoms with Crippen LogP contribution < -0.4 is 0 Å². The SMILES string of the molecule is [2H]c1ccc(C)cc1C(C)(C)C. The van der Waals surface area contributed by atoms with Gasteiger partial charge >= 0.3 is 0 Å². The average molecular weight is 149 g/mol. The second-order valence-corrected chi connectivity index (χ2v) is 4.03. The average Bonchev–Trinajstić information content (AvgIpc) is 1.92. The van der Waals surface area contributed by atoms with Crippen molar-refractivity contribution < 1.29 is 1.37 Å². The molecule has 0 bridgehead atoms. The summed E-state index contributed by atoms with van der Waals surface area (Å²) in [4.78, 5) is 0. The molecule has 0 radical (unpaired) electrons. The van der Waals surface area contributed by atoms with E-state index >= 15 is 0 Å². The van der Waals surface area contributed by atoms with Crippen molar-refractivity contribution in [3.63, 3.8) is 0 Å². The molecule has 0 aliphatic heterocycles. The number of hydrogen-bond acceptors (Lipinski definition) is 0. The van der Waals surface area contributed by atoms with Crippen LogP contribution in [0, 0.1) is 6.92 Å². The highest BCUT2D eigenvalue weighted by atomic mass is 14.2. The van der Waals surface area contributed by atoms with Crippen molar-refractivity contribution in [1.29, 1.82) is 0 Å². The van der Waals surface area contributed by atoms with Crippen molar-refractivity contribution in [1.82, 2.24) is 0 Å². The maximum absolute atomic E-state index is 7.72. The smallest absolute Gasteiger partial charge is 0.0617 e. The Labute approximate surface area is 70.7 Å². The maximum atomic E-state index is 7.72. The molecule has 11 heavy (non-hydrogen) atoms. The molecule has 0 nitrogen and oxygen atoms in total. The lowest BCUT2D eigenvalue weighted by Gasteiger charge is -2.19. The van der Waals surface area contributed by atoms with E-state index in [2.05, 4.69) is 33.8 Å². The summed E-state index contributed by atoms with van der Waals surface area (Å²) in [6, 6.07) is 6.60. The van der Waals surface area contributed by atoms with Crippen LogP contribution in [0.1, 0.15) is 33.3 Å². The molecule has 1 aromatic carbocycles. The molecule has 1 aromatic rings. The van der Waals surface area contributed by atoms with Gasteiger partial charge in [-0.15, -0.1) is 0 Å². The third-order valence-electron chi connectivity index (χ3n) is 1.77. The Morgan fingerprint density at radius 3 is 2.45 bits per heavy atom. The molecule has 0 heteroatoms. The molecule has 0 unspecified atom stereocenters. The van der Waals surface area contributed by atoms with Crippen LogP contribution in [0.5, 0.6) is 0 Å². The monoisotopic (exact) mass is 149 g/mol. The minimum atomic E-state index is 0.0864. The van der Waals surface area contributed by atoms with Crippen LogP contribution in [-0.2, 0) is 5.41 Å². The van der Waals surface area contributed by atoms with Gasteiger partial charge in [0.25, 0.3) is 0 Å². The fourth-order valence-electron chi connectivity index (χ4n) is 1.01. The Kier molecular flexibility index (Phi) is 1.69. The van der Waals surface area contributed by atoms with Crippen molar-refractivity contribution >= 4 is 0 Å². The van der Waals surface area contributed by atoms with Crippen LogP contribution >= 0.6 is 0 Å². The normalized spacial score (nSPS) is 12.9. The van der Waals surface area contributed by atoms with Crippen molar-refractivity contribution in [2.45, 2.75) is 33.1 Å². The Morgan fingerprint density at radius 1 is 1.36 bits per heavy atom. The van der Waals surface area contributed by atoms with Gasteiger partial charge in [-0.1, -0.05) is 50.6 Å². The highest BCUT2D eigenvalue weighted by Crippen LogP contribution is 2.22. The summed E-state index contributed by atoms with van der Waals surface area (Å²) in [5.74, 6) is 0. The van der Waals surface area contributed by atoms with Crippen LogP contribution in [0.2, 0.25) is 0 Å². The van der Waals surface area contributed by atoms with E-state index in [9.17, 15) is 0 Å². The van der Waals surface area contributed by atoms with Gasteiger partial charge in [0.1, 0.15) is 0 Å². The van der Waals surface area contributed by atoms with E-state index in [0.717, 1.165) is 5.56 Å². The molecular formula is C11H16. The van der Waals surface area contributed by atoms with Gasteiger partial charge in [0.15, 0.2) is 0 Å². The van der Waals surface area contributed by atoms with Crippen molar-refractivity contribution in [2.75, 3.05) is 0 Å². The molecule has 0 saturated carbocycles. The molecule has 1 rings (SSSR count). The van der Waals surface area contributed by atoms with Gasteiger partial charge in [0.05, 0.1) is 1.37 Å². The van der Waals surface area contributed by atoms with E-state index in [4.69, 9.17) is 1.37 Å². The second-order valence-electron chi connectivity index (χ2n) is 4.03. The summed E-state index contributed by atoms with van der Waals surface area (Å²) in [7, 11) is 0. The molecule has 60 valence electrons. The molecule has 0 amide bonds. The van der Waals surface area contributed by atoms with Crippen LogP contribution in [0.4, 0.5) is 0 Å². The Morgan fingerprint density at radius 2 is 2.00 bits per heavy atom. The van der Waals surface area contributed by atoms with Gasteiger partial charge in [0, 0.05) is 0 Å². The highest BCUT2D eigenvalue weighted by molar-refractivity contribution is 5.27. The van der Waals surface area contributed by atoms with Crippen molar-refractivity contribution in [3.05, 3.63) is 35.4 Å². The molecule has 0 saturated heterocycles. The zero-order valence-corrected chi connectivity index (χ0v) is 7.73. The lowest BCUT2D eigenvalue weighted by atomic mass is 9.86. The second kappa shape index (κ2) is 2.69. The fourth-order valence-corrected chi connectivity index (χ4v) is 1.01. The summed E-state index contributed by atoms with van der Waals surface area (Å²) in [5.41, 5.74) is 2.45. The standard InChI is InChI=1S/C11H16/c1-9-6-5-7-10(8-9)11(2,3)4/h5-8H,1-4H3/i7D. The number of hydrogen-bond donors (Lipinski definition) is 0. The van der Waals surface area contributed by atoms with Crippen LogP contribution in [0.25, 0.3) is 0 Å². The molecule has 0 aliphatic rings. The van der Waals surface area contributed by atoms with Gasteiger partial charge in [-0.05, 0) is 17.9 Å². The maximum Gasteiger partial charge on any atom is 0.0626 e. The lowest BCUT2D eigenvalue weighted by Crippen LogP contribution is -2.10. The highest BCUT2D eigenvalue weighted by Gasteiger charge is 2.12. The van der Waals surface area contributed by atoms with Gasteiger partial charge < -0.3 is 0 Å². The summed E-state index contributed by atoms with van der Waals surface area (Å²) in [5, 5.41) is 0. The fraction of sp³-hybridized carbons (Fsp3) is 0.455. The summed E-state index contributed by atoms with van der Waals surface area (Å²) in [6.45, 7) is 8.48. The predicted octanol–water partition coefficient (Wildman–Crippen LogP) is 3.29. The molecule has 0 N–H and O–H groups in total. The largest absolute Gasteiger partial charge is 0.0626 e. The first-order valence-corrected chi connectivity index (χ1v) is 3.99. The van der Waals surface area contributed by atoms with E-state index in [1.165, 1.54) is 5.56 Å². The molecule has 0 aromatic heterocycles. The zero-order chi connectivity index (χ0) is 9.35. The molecule has 0 spiro atoms. The predicted molar refractivity (Wildman–Crippen MR) is 49.9 cm³/mol. The van der Waals surface area contributed by atoms with E-state index in [0.29, 0.717) is 6.04 Å². The number of rotatable bonds is 0. The third kappa shape index (κ3) is 2.07. The summed E-state index contributed by atoms with van der Waals surface area (Å²) < 4.78 is 7.72. The van der Waals surface area contributed by atoms with E-state index < -0.39 is 0 Å². The van der Waals surface area contributed by atoms with Gasteiger partial charge in [-0.25, -0.2) is 0 Å². The first kappa shape index (κ1) is 6.90. The van der Waals surface area contributed by atoms with E-state index in [-0.39, 0.29) is 5.41 Å². The quantitative estimate of drug-likeness (QED) is 0.531. The van der Waals surface area contributed by atoms with E-state index in [1.807, 2.05) is 12.1 Å².